The number of carbonyl (C=O) groups excluding carboxylic acids is 1. The van der Waals surface area contributed by atoms with Crippen molar-refractivity contribution >= 4 is 33.2 Å². The SMILES string of the molecule is CC1COCCN1S(=O)(=O)c1ccc(NC(=O)c2ccccc2Cl)cc1. The summed E-state index contributed by atoms with van der Waals surface area (Å²) in [5.74, 6) is -0.354. The number of hydrogen-bond donors (Lipinski definition) is 1. The van der Waals surface area contributed by atoms with Crippen LogP contribution in [-0.2, 0) is 14.8 Å². The fraction of sp³-hybridized carbons (Fsp3) is 0.278. The van der Waals surface area contributed by atoms with Crippen LogP contribution in [-0.4, -0.2) is 44.4 Å². The third kappa shape index (κ3) is 3.91. The van der Waals surface area contributed by atoms with Crippen molar-refractivity contribution in [1.29, 1.82) is 0 Å². The van der Waals surface area contributed by atoms with Crippen LogP contribution in [0.15, 0.2) is 53.4 Å². The van der Waals surface area contributed by atoms with Crippen molar-refractivity contribution in [1.82, 2.24) is 4.31 Å². The van der Waals surface area contributed by atoms with Crippen LogP contribution in [0.2, 0.25) is 5.02 Å². The highest BCUT2D eigenvalue weighted by atomic mass is 35.5. The number of morpholine rings is 1. The summed E-state index contributed by atoms with van der Waals surface area (Å²) in [7, 11) is -3.60. The number of nitrogens with one attached hydrogen (secondary N) is 1. The Bertz CT molecular complexity index is 900. The number of rotatable bonds is 4. The molecule has 2 aromatic rings. The number of anilines is 1. The first-order chi connectivity index (χ1) is 12.4. The standard InChI is InChI=1S/C18H19ClN2O4S/c1-13-12-25-11-10-21(13)26(23,24)15-8-6-14(7-9-15)20-18(22)16-4-2-3-5-17(16)19/h2-9,13H,10-12H2,1H3,(H,20,22). The lowest BCUT2D eigenvalue weighted by Gasteiger charge is -2.32. The average molecular weight is 395 g/mol. The van der Waals surface area contributed by atoms with Gasteiger partial charge in [-0.15, -0.1) is 0 Å². The van der Waals surface area contributed by atoms with E-state index >= 15 is 0 Å². The van der Waals surface area contributed by atoms with Gasteiger partial charge < -0.3 is 10.1 Å². The minimum absolute atomic E-state index is 0.182. The lowest BCUT2D eigenvalue weighted by molar-refractivity contribution is 0.0393. The first-order valence-electron chi connectivity index (χ1n) is 8.15. The molecule has 0 spiro atoms. The number of amides is 1. The molecule has 2 aromatic carbocycles. The second-order valence-electron chi connectivity index (χ2n) is 6.00. The maximum Gasteiger partial charge on any atom is 0.257 e. The molecule has 0 saturated carbocycles. The van der Waals surface area contributed by atoms with Gasteiger partial charge in [-0.05, 0) is 43.3 Å². The van der Waals surface area contributed by atoms with Gasteiger partial charge in [-0.3, -0.25) is 4.79 Å². The van der Waals surface area contributed by atoms with Crippen LogP contribution in [0.5, 0.6) is 0 Å². The quantitative estimate of drug-likeness (QED) is 0.864. The topological polar surface area (TPSA) is 75.7 Å². The average Bonchev–Trinajstić information content (AvgIpc) is 2.62. The smallest absolute Gasteiger partial charge is 0.257 e. The molecule has 26 heavy (non-hydrogen) atoms. The summed E-state index contributed by atoms with van der Waals surface area (Å²) < 4.78 is 32.3. The van der Waals surface area contributed by atoms with E-state index in [1.165, 1.54) is 16.4 Å². The first kappa shape index (κ1) is 18.8. The molecule has 1 amide bonds. The Morgan fingerprint density at radius 3 is 2.54 bits per heavy atom. The van der Waals surface area contributed by atoms with Crippen molar-refractivity contribution in [3.63, 3.8) is 0 Å². The molecule has 0 bridgehead atoms. The van der Waals surface area contributed by atoms with Gasteiger partial charge in [0.2, 0.25) is 10.0 Å². The second-order valence-corrected chi connectivity index (χ2v) is 8.30. The summed E-state index contributed by atoms with van der Waals surface area (Å²) >= 11 is 6.01. The molecule has 1 heterocycles. The van der Waals surface area contributed by atoms with Gasteiger partial charge in [0.25, 0.3) is 5.91 Å². The van der Waals surface area contributed by atoms with E-state index < -0.39 is 10.0 Å². The molecule has 3 rings (SSSR count). The van der Waals surface area contributed by atoms with Crippen LogP contribution in [0.3, 0.4) is 0 Å². The molecule has 1 N–H and O–H groups in total. The second kappa shape index (κ2) is 7.75. The molecule has 1 aliphatic heterocycles. The molecular weight excluding hydrogens is 376 g/mol. The van der Waals surface area contributed by atoms with Crippen molar-refractivity contribution in [3.05, 3.63) is 59.1 Å². The minimum atomic E-state index is -3.60. The van der Waals surface area contributed by atoms with Crippen LogP contribution in [0, 0.1) is 0 Å². The molecule has 1 fully saturated rings. The highest BCUT2D eigenvalue weighted by Crippen LogP contribution is 2.23. The highest BCUT2D eigenvalue weighted by molar-refractivity contribution is 7.89. The Labute approximate surface area is 157 Å². The summed E-state index contributed by atoms with van der Waals surface area (Å²) in [6.45, 7) is 2.91. The van der Waals surface area contributed by atoms with Crippen LogP contribution in [0.4, 0.5) is 5.69 Å². The number of hydrogen-bond acceptors (Lipinski definition) is 4. The number of ether oxygens (including phenoxy) is 1. The summed E-state index contributed by atoms with van der Waals surface area (Å²) in [6.07, 6.45) is 0. The Morgan fingerprint density at radius 1 is 1.19 bits per heavy atom. The molecule has 138 valence electrons. The third-order valence-electron chi connectivity index (χ3n) is 4.14. The van der Waals surface area contributed by atoms with Crippen LogP contribution in [0.1, 0.15) is 17.3 Å². The van der Waals surface area contributed by atoms with Gasteiger partial charge in [0, 0.05) is 18.3 Å². The van der Waals surface area contributed by atoms with E-state index in [-0.39, 0.29) is 16.8 Å². The van der Waals surface area contributed by atoms with Gasteiger partial charge >= 0.3 is 0 Å². The highest BCUT2D eigenvalue weighted by Gasteiger charge is 2.31. The van der Waals surface area contributed by atoms with E-state index in [0.717, 1.165) is 0 Å². The molecule has 6 nitrogen and oxygen atoms in total. The number of carbonyl (C=O) groups is 1. The Morgan fingerprint density at radius 2 is 1.88 bits per heavy atom. The zero-order valence-corrected chi connectivity index (χ0v) is 15.8. The zero-order chi connectivity index (χ0) is 18.7. The Balaban J connectivity index is 1.76. The lowest BCUT2D eigenvalue weighted by Crippen LogP contribution is -2.46. The molecule has 1 atom stereocenters. The molecule has 1 saturated heterocycles. The van der Waals surface area contributed by atoms with E-state index in [1.807, 2.05) is 6.92 Å². The fourth-order valence-electron chi connectivity index (χ4n) is 2.76. The van der Waals surface area contributed by atoms with Crippen LogP contribution >= 0.6 is 11.6 Å². The summed E-state index contributed by atoms with van der Waals surface area (Å²) in [5.41, 5.74) is 0.844. The molecule has 1 unspecified atom stereocenters. The molecule has 0 aliphatic carbocycles. The Hall–Kier alpha value is -1.93. The maximum absolute atomic E-state index is 12.8. The summed E-state index contributed by atoms with van der Waals surface area (Å²) in [4.78, 5) is 12.5. The largest absolute Gasteiger partial charge is 0.378 e. The predicted octanol–water partition coefficient (Wildman–Crippen LogP) is 3.00. The predicted molar refractivity (Wildman–Crippen MR) is 100 cm³/mol. The summed E-state index contributed by atoms with van der Waals surface area (Å²) in [6, 6.07) is 12.6. The maximum atomic E-state index is 12.8. The van der Waals surface area contributed by atoms with Gasteiger partial charge in [-0.1, -0.05) is 23.7 Å². The van der Waals surface area contributed by atoms with Gasteiger partial charge in [0.05, 0.1) is 28.7 Å². The molecular formula is C18H19ClN2O4S. The zero-order valence-electron chi connectivity index (χ0n) is 14.2. The molecule has 0 aromatic heterocycles. The number of benzene rings is 2. The monoisotopic (exact) mass is 394 g/mol. The molecule has 0 radical (unpaired) electrons. The van der Waals surface area contributed by atoms with E-state index in [2.05, 4.69) is 5.32 Å². The number of nitrogens with zero attached hydrogens (tertiary/aromatic N) is 1. The van der Waals surface area contributed by atoms with Crippen LogP contribution < -0.4 is 5.32 Å². The number of halogens is 1. The third-order valence-corrected chi connectivity index (χ3v) is 6.50. The van der Waals surface area contributed by atoms with E-state index in [1.54, 1.807) is 36.4 Å². The van der Waals surface area contributed by atoms with Gasteiger partial charge in [-0.2, -0.15) is 4.31 Å². The van der Waals surface area contributed by atoms with E-state index in [0.29, 0.717) is 36.0 Å². The first-order valence-corrected chi connectivity index (χ1v) is 9.97. The van der Waals surface area contributed by atoms with Crippen LogP contribution in [0.25, 0.3) is 0 Å². The van der Waals surface area contributed by atoms with Crippen molar-refractivity contribution in [2.45, 2.75) is 17.9 Å². The van der Waals surface area contributed by atoms with Crippen molar-refractivity contribution in [3.8, 4) is 0 Å². The lowest BCUT2D eigenvalue weighted by atomic mass is 10.2. The Kier molecular flexibility index (Phi) is 5.62. The van der Waals surface area contributed by atoms with Gasteiger partial charge in [0.1, 0.15) is 0 Å². The van der Waals surface area contributed by atoms with Crippen molar-refractivity contribution < 1.29 is 17.9 Å². The van der Waals surface area contributed by atoms with E-state index in [9.17, 15) is 13.2 Å². The molecule has 1 aliphatic rings. The summed E-state index contributed by atoms with van der Waals surface area (Å²) in [5, 5.41) is 3.07. The van der Waals surface area contributed by atoms with Gasteiger partial charge in [0.15, 0.2) is 0 Å². The van der Waals surface area contributed by atoms with Crippen molar-refractivity contribution in [2.75, 3.05) is 25.1 Å². The van der Waals surface area contributed by atoms with Crippen molar-refractivity contribution in [2.24, 2.45) is 0 Å². The normalized spacial score (nSPS) is 18.5. The fourth-order valence-corrected chi connectivity index (χ4v) is 4.58. The van der Waals surface area contributed by atoms with Gasteiger partial charge in [-0.25, -0.2) is 8.42 Å². The van der Waals surface area contributed by atoms with E-state index in [4.69, 9.17) is 16.3 Å². The minimum Gasteiger partial charge on any atom is -0.378 e. The molecule has 8 heteroatoms. The number of sulfonamides is 1.